The summed E-state index contributed by atoms with van der Waals surface area (Å²) in [6.07, 6.45) is 0.159. The maximum Gasteiger partial charge on any atom is 0.0936 e. The molecular weight excluding hydrogens is 274 g/mol. The van der Waals surface area contributed by atoms with Crippen LogP contribution >= 0.6 is 0 Å². The third-order valence-electron chi connectivity index (χ3n) is 3.81. The predicted molar refractivity (Wildman–Crippen MR) is 79.3 cm³/mol. The van der Waals surface area contributed by atoms with Crippen molar-refractivity contribution in [3.05, 3.63) is 0 Å². The molecule has 0 saturated carbocycles. The molecule has 2 atom stereocenters. The van der Waals surface area contributed by atoms with Crippen LogP contribution in [0.3, 0.4) is 0 Å². The average molecular weight is 303 g/mol. The van der Waals surface area contributed by atoms with E-state index in [9.17, 15) is 5.11 Å². The van der Waals surface area contributed by atoms with Crippen molar-refractivity contribution in [1.82, 2.24) is 9.80 Å². The molecule has 7 nitrogen and oxygen atoms in total. The highest BCUT2D eigenvalue weighted by Gasteiger charge is 2.25. The van der Waals surface area contributed by atoms with Crippen LogP contribution in [0, 0.1) is 0 Å². The Balaban J connectivity index is 0.000000154. The summed E-state index contributed by atoms with van der Waals surface area (Å²) in [6, 6.07) is 0. The van der Waals surface area contributed by atoms with Gasteiger partial charge in [-0.2, -0.15) is 0 Å². The van der Waals surface area contributed by atoms with Crippen LogP contribution in [0.1, 0.15) is 0 Å². The first-order valence-electron chi connectivity index (χ1n) is 7.88. The SMILES string of the molecule is C1CN(CC2CO2)CCO1.NCC(O)CN1CCOCC1. The zero-order valence-corrected chi connectivity index (χ0v) is 12.8. The minimum absolute atomic E-state index is 0.345. The van der Waals surface area contributed by atoms with E-state index >= 15 is 0 Å². The molecule has 0 aromatic heterocycles. The van der Waals surface area contributed by atoms with E-state index in [0.29, 0.717) is 19.2 Å². The highest BCUT2D eigenvalue weighted by molar-refractivity contribution is 4.75. The van der Waals surface area contributed by atoms with Gasteiger partial charge >= 0.3 is 0 Å². The molecule has 0 bridgehead atoms. The molecule has 0 radical (unpaired) electrons. The van der Waals surface area contributed by atoms with Gasteiger partial charge in [0.25, 0.3) is 0 Å². The van der Waals surface area contributed by atoms with Crippen molar-refractivity contribution in [3.63, 3.8) is 0 Å². The van der Waals surface area contributed by atoms with Crippen LogP contribution in [-0.4, -0.2) is 106 Å². The third kappa shape index (κ3) is 7.51. The number of nitrogens with two attached hydrogens (primary N) is 1. The minimum Gasteiger partial charge on any atom is -0.390 e. The van der Waals surface area contributed by atoms with Crippen molar-refractivity contribution < 1.29 is 19.3 Å². The second-order valence-corrected chi connectivity index (χ2v) is 5.67. The Bertz CT molecular complexity index is 267. The Morgan fingerprint density at radius 3 is 2.00 bits per heavy atom. The molecule has 3 aliphatic heterocycles. The molecule has 0 aromatic carbocycles. The molecule has 3 N–H and O–H groups in total. The molecule has 0 amide bonds. The molecule has 3 saturated heterocycles. The Morgan fingerprint density at radius 1 is 1.00 bits per heavy atom. The van der Waals surface area contributed by atoms with Gasteiger partial charge in [-0.05, 0) is 0 Å². The first-order valence-corrected chi connectivity index (χ1v) is 7.88. The topological polar surface area (TPSA) is 83.7 Å². The quantitative estimate of drug-likeness (QED) is 0.589. The summed E-state index contributed by atoms with van der Waals surface area (Å²) in [5.74, 6) is 0. The number of β-amino-alcohol motifs (C(OH)–C–C–N with tert-alkyl or cyclic N) is 1. The molecule has 21 heavy (non-hydrogen) atoms. The van der Waals surface area contributed by atoms with Gasteiger partial charge in [0.05, 0.1) is 45.2 Å². The van der Waals surface area contributed by atoms with Gasteiger partial charge in [-0.1, -0.05) is 0 Å². The highest BCUT2D eigenvalue weighted by Crippen LogP contribution is 2.11. The number of aliphatic hydroxyl groups excluding tert-OH is 1. The van der Waals surface area contributed by atoms with Crippen LogP contribution < -0.4 is 5.73 Å². The van der Waals surface area contributed by atoms with Crippen molar-refractivity contribution in [1.29, 1.82) is 0 Å². The molecule has 3 aliphatic rings. The molecular formula is C14H29N3O4. The molecule has 0 spiro atoms. The van der Waals surface area contributed by atoms with Crippen LogP contribution in [0.4, 0.5) is 0 Å². The number of morpholine rings is 2. The summed E-state index contributed by atoms with van der Waals surface area (Å²) < 4.78 is 15.5. The average Bonchev–Trinajstić information content (AvgIpc) is 3.34. The van der Waals surface area contributed by atoms with Crippen molar-refractivity contribution in [2.75, 3.05) is 78.8 Å². The molecule has 3 fully saturated rings. The number of aliphatic hydroxyl groups is 1. The fourth-order valence-corrected chi connectivity index (χ4v) is 2.40. The van der Waals surface area contributed by atoms with E-state index in [1.54, 1.807) is 0 Å². The van der Waals surface area contributed by atoms with Gasteiger partial charge in [-0.15, -0.1) is 0 Å². The lowest BCUT2D eigenvalue weighted by Gasteiger charge is -2.27. The van der Waals surface area contributed by atoms with Gasteiger partial charge in [0.1, 0.15) is 0 Å². The largest absolute Gasteiger partial charge is 0.390 e. The maximum absolute atomic E-state index is 9.20. The molecule has 2 unspecified atom stereocenters. The van der Waals surface area contributed by atoms with Gasteiger partial charge in [-0.25, -0.2) is 0 Å². The summed E-state index contributed by atoms with van der Waals surface area (Å²) in [5, 5.41) is 9.20. The van der Waals surface area contributed by atoms with E-state index in [0.717, 1.165) is 65.8 Å². The monoisotopic (exact) mass is 303 g/mol. The summed E-state index contributed by atoms with van der Waals surface area (Å²) in [5.41, 5.74) is 5.28. The van der Waals surface area contributed by atoms with Crippen LogP contribution in [-0.2, 0) is 14.2 Å². The van der Waals surface area contributed by atoms with E-state index < -0.39 is 0 Å². The number of ether oxygens (including phenoxy) is 3. The highest BCUT2D eigenvalue weighted by atomic mass is 16.6. The fourth-order valence-electron chi connectivity index (χ4n) is 2.40. The summed E-state index contributed by atoms with van der Waals surface area (Å²) >= 11 is 0. The van der Waals surface area contributed by atoms with Crippen LogP contribution in [0.2, 0.25) is 0 Å². The van der Waals surface area contributed by atoms with E-state index in [4.69, 9.17) is 19.9 Å². The van der Waals surface area contributed by atoms with Gasteiger partial charge in [0.15, 0.2) is 0 Å². The number of hydrogen-bond donors (Lipinski definition) is 2. The lowest BCUT2D eigenvalue weighted by atomic mass is 10.3. The van der Waals surface area contributed by atoms with Crippen LogP contribution in [0.15, 0.2) is 0 Å². The first kappa shape index (κ1) is 17.1. The standard InChI is InChI=1S/C7H16N2O2.C7H13NO2/c8-5-7(10)6-9-1-3-11-4-2-9;1-3-9-4-2-8(1)5-7-6-10-7/h7,10H,1-6,8H2;7H,1-6H2. The molecule has 0 aliphatic carbocycles. The number of hydrogen-bond acceptors (Lipinski definition) is 7. The number of epoxide rings is 1. The molecule has 0 aromatic rings. The van der Waals surface area contributed by atoms with E-state index in [1.165, 1.54) is 0 Å². The van der Waals surface area contributed by atoms with Crippen LogP contribution in [0.25, 0.3) is 0 Å². The second kappa shape index (κ2) is 9.68. The Labute approximate surface area is 126 Å². The Kier molecular flexibility index (Phi) is 7.87. The van der Waals surface area contributed by atoms with Gasteiger partial charge in [-0.3, -0.25) is 9.80 Å². The molecule has 3 heterocycles. The summed E-state index contributed by atoms with van der Waals surface area (Å²) in [6.45, 7) is 10.4. The molecule has 124 valence electrons. The maximum atomic E-state index is 9.20. The lowest BCUT2D eigenvalue weighted by Crippen LogP contribution is -2.42. The number of rotatable bonds is 5. The normalized spacial score (nSPS) is 28.6. The summed E-state index contributed by atoms with van der Waals surface area (Å²) in [4.78, 5) is 4.57. The van der Waals surface area contributed by atoms with Gasteiger partial charge < -0.3 is 25.1 Å². The zero-order chi connectivity index (χ0) is 14.9. The van der Waals surface area contributed by atoms with Crippen molar-refractivity contribution >= 4 is 0 Å². The zero-order valence-electron chi connectivity index (χ0n) is 12.8. The third-order valence-corrected chi connectivity index (χ3v) is 3.81. The molecule has 3 rings (SSSR count). The van der Waals surface area contributed by atoms with Crippen molar-refractivity contribution in [2.24, 2.45) is 5.73 Å². The van der Waals surface area contributed by atoms with Gasteiger partial charge in [0, 0.05) is 45.8 Å². The number of nitrogens with zero attached hydrogens (tertiary/aromatic N) is 2. The molecule has 7 heteroatoms. The Morgan fingerprint density at radius 2 is 1.52 bits per heavy atom. The Hall–Kier alpha value is -0.280. The van der Waals surface area contributed by atoms with Crippen molar-refractivity contribution in [3.8, 4) is 0 Å². The first-order chi connectivity index (χ1) is 10.3. The summed E-state index contributed by atoms with van der Waals surface area (Å²) in [7, 11) is 0. The van der Waals surface area contributed by atoms with Gasteiger partial charge in [0.2, 0.25) is 0 Å². The predicted octanol–water partition coefficient (Wildman–Crippen LogP) is -1.64. The van der Waals surface area contributed by atoms with Crippen LogP contribution in [0.5, 0.6) is 0 Å². The van der Waals surface area contributed by atoms with E-state index in [1.807, 2.05) is 0 Å². The van der Waals surface area contributed by atoms with E-state index in [2.05, 4.69) is 9.80 Å². The van der Waals surface area contributed by atoms with E-state index in [-0.39, 0.29) is 6.10 Å². The smallest absolute Gasteiger partial charge is 0.0936 e. The van der Waals surface area contributed by atoms with Crippen molar-refractivity contribution in [2.45, 2.75) is 12.2 Å². The minimum atomic E-state index is -0.381. The second-order valence-electron chi connectivity index (χ2n) is 5.67. The fraction of sp³-hybridized carbons (Fsp3) is 1.00. The lowest BCUT2D eigenvalue weighted by molar-refractivity contribution is 0.0164.